The Morgan fingerprint density at radius 3 is 2.38 bits per heavy atom. The molecule has 2 atom stereocenters. The third kappa shape index (κ3) is 3.89. The van der Waals surface area contributed by atoms with Crippen LogP contribution in [0.5, 0.6) is 5.75 Å². The fourth-order valence-corrected chi connectivity index (χ4v) is 4.47. The van der Waals surface area contributed by atoms with Crippen LogP contribution >= 0.6 is 0 Å². The van der Waals surface area contributed by atoms with Gasteiger partial charge in [-0.25, -0.2) is 13.1 Å². The molecule has 0 aliphatic heterocycles. The normalized spacial score (nSPS) is 26.5. The molecule has 1 aliphatic carbocycles. The molecule has 0 radical (unpaired) electrons. The number of hydrogen-bond donors (Lipinski definition) is 2. The summed E-state index contributed by atoms with van der Waals surface area (Å²) >= 11 is 0. The van der Waals surface area contributed by atoms with Gasteiger partial charge in [0.15, 0.2) is 0 Å². The Balaban J connectivity index is 2.18. The summed E-state index contributed by atoms with van der Waals surface area (Å²) in [7, 11) is -2.07. The molecule has 1 aromatic carbocycles. The van der Waals surface area contributed by atoms with Crippen LogP contribution in [0.4, 0.5) is 5.69 Å². The zero-order valence-corrected chi connectivity index (χ0v) is 13.6. The van der Waals surface area contributed by atoms with Crippen LogP contribution in [0.2, 0.25) is 0 Å². The number of sulfonamides is 1. The first kappa shape index (κ1) is 16.1. The van der Waals surface area contributed by atoms with Gasteiger partial charge in [-0.3, -0.25) is 0 Å². The molecule has 0 saturated heterocycles. The standard InChI is InChI=1S/C15H24N2O3S/c1-10-6-11(2)8-12(7-10)17-21(18,19)13-4-5-14(16)15(9-13)20-3/h4-5,9-12,17H,6-8,16H2,1-3H3. The Morgan fingerprint density at radius 2 is 1.81 bits per heavy atom. The van der Waals surface area contributed by atoms with Crippen LogP contribution in [0.15, 0.2) is 23.1 Å². The number of anilines is 1. The molecular weight excluding hydrogens is 288 g/mol. The first-order valence-corrected chi connectivity index (χ1v) is 8.76. The van der Waals surface area contributed by atoms with Crippen molar-refractivity contribution >= 4 is 15.7 Å². The van der Waals surface area contributed by atoms with E-state index in [0.717, 1.165) is 19.3 Å². The van der Waals surface area contributed by atoms with Crippen LogP contribution in [0, 0.1) is 11.8 Å². The second-order valence-corrected chi connectivity index (χ2v) is 7.85. The predicted molar refractivity (Wildman–Crippen MR) is 83.7 cm³/mol. The Kier molecular flexibility index (Phi) is 4.78. The van der Waals surface area contributed by atoms with E-state index in [1.54, 1.807) is 6.07 Å². The smallest absolute Gasteiger partial charge is 0.240 e. The quantitative estimate of drug-likeness (QED) is 0.836. The van der Waals surface area contributed by atoms with Crippen LogP contribution in [0.1, 0.15) is 33.1 Å². The van der Waals surface area contributed by atoms with Crippen molar-refractivity contribution in [2.24, 2.45) is 11.8 Å². The third-order valence-electron chi connectivity index (χ3n) is 4.02. The van der Waals surface area contributed by atoms with Crippen molar-refractivity contribution in [1.29, 1.82) is 0 Å². The number of rotatable bonds is 4. The lowest BCUT2D eigenvalue weighted by molar-refractivity contribution is 0.257. The van der Waals surface area contributed by atoms with Crippen molar-refractivity contribution in [3.8, 4) is 5.75 Å². The zero-order chi connectivity index (χ0) is 15.6. The minimum Gasteiger partial charge on any atom is -0.495 e. The SMILES string of the molecule is COc1cc(S(=O)(=O)NC2CC(C)CC(C)C2)ccc1N. The van der Waals surface area contributed by atoms with E-state index >= 15 is 0 Å². The van der Waals surface area contributed by atoms with E-state index in [4.69, 9.17) is 10.5 Å². The average Bonchev–Trinajstić information content (AvgIpc) is 2.37. The van der Waals surface area contributed by atoms with Crippen molar-refractivity contribution in [3.05, 3.63) is 18.2 Å². The molecule has 2 unspecified atom stereocenters. The fourth-order valence-electron chi connectivity index (χ4n) is 3.19. The minimum absolute atomic E-state index is 0.00250. The molecule has 1 aromatic rings. The Labute approximate surface area is 126 Å². The van der Waals surface area contributed by atoms with E-state index in [2.05, 4.69) is 18.6 Å². The van der Waals surface area contributed by atoms with Crippen molar-refractivity contribution in [1.82, 2.24) is 4.72 Å². The fraction of sp³-hybridized carbons (Fsp3) is 0.600. The molecule has 1 fully saturated rings. The maximum absolute atomic E-state index is 12.5. The lowest BCUT2D eigenvalue weighted by Gasteiger charge is -2.31. The minimum atomic E-state index is -3.54. The Morgan fingerprint density at radius 1 is 1.19 bits per heavy atom. The molecule has 0 amide bonds. The zero-order valence-electron chi connectivity index (χ0n) is 12.8. The number of nitrogen functional groups attached to an aromatic ring is 1. The van der Waals surface area contributed by atoms with Gasteiger partial charge in [-0.1, -0.05) is 13.8 Å². The van der Waals surface area contributed by atoms with Crippen LogP contribution in [0.3, 0.4) is 0 Å². The largest absolute Gasteiger partial charge is 0.495 e. The van der Waals surface area contributed by atoms with Gasteiger partial charge < -0.3 is 10.5 Å². The molecule has 3 N–H and O–H groups in total. The van der Waals surface area contributed by atoms with Gasteiger partial charge in [0.2, 0.25) is 10.0 Å². The molecule has 21 heavy (non-hydrogen) atoms. The molecule has 0 spiro atoms. The first-order chi connectivity index (χ1) is 9.81. The molecule has 1 saturated carbocycles. The number of ether oxygens (including phenoxy) is 1. The highest BCUT2D eigenvalue weighted by Gasteiger charge is 2.28. The van der Waals surface area contributed by atoms with Gasteiger partial charge >= 0.3 is 0 Å². The Bertz CT molecular complexity index is 591. The van der Waals surface area contributed by atoms with E-state index in [9.17, 15) is 8.42 Å². The molecule has 0 heterocycles. The van der Waals surface area contributed by atoms with Crippen LogP contribution < -0.4 is 15.2 Å². The predicted octanol–water partition coefficient (Wildman–Crippen LogP) is 2.38. The second-order valence-electron chi connectivity index (χ2n) is 6.14. The van der Waals surface area contributed by atoms with Crippen molar-refractivity contribution in [2.75, 3.05) is 12.8 Å². The van der Waals surface area contributed by atoms with E-state index in [1.807, 2.05) is 0 Å². The van der Waals surface area contributed by atoms with Crippen LogP contribution in [-0.2, 0) is 10.0 Å². The van der Waals surface area contributed by atoms with Crippen LogP contribution in [-0.4, -0.2) is 21.6 Å². The highest BCUT2D eigenvalue weighted by molar-refractivity contribution is 7.89. The first-order valence-electron chi connectivity index (χ1n) is 7.27. The summed E-state index contributed by atoms with van der Waals surface area (Å²) in [6, 6.07) is 4.53. The highest BCUT2D eigenvalue weighted by Crippen LogP contribution is 2.30. The van der Waals surface area contributed by atoms with Gasteiger partial charge in [-0.2, -0.15) is 0 Å². The van der Waals surface area contributed by atoms with Crippen LogP contribution in [0.25, 0.3) is 0 Å². The maximum atomic E-state index is 12.5. The number of benzene rings is 1. The van der Waals surface area contributed by atoms with Gasteiger partial charge in [0.25, 0.3) is 0 Å². The molecule has 0 bridgehead atoms. The van der Waals surface area contributed by atoms with Crippen molar-refractivity contribution in [2.45, 2.75) is 44.0 Å². The maximum Gasteiger partial charge on any atom is 0.240 e. The summed E-state index contributed by atoms with van der Waals surface area (Å²) in [6.45, 7) is 4.34. The summed E-state index contributed by atoms with van der Waals surface area (Å²) in [5.41, 5.74) is 6.15. The molecule has 6 heteroatoms. The summed E-state index contributed by atoms with van der Waals surface area (Å²) in [6.07, 6.45) is 2.93. The molecule has 0 aromatic heterocycles. The summed E-state index contributed by atoms with van der Waals surface area (Å²) in [4.78, 5) is 0.194. The summed E-state index contributed by atoms with van der Waals surface area (Å²) in [5.74, 6) is 1.47. The van der Waals surface area contributed by atoms with Crippen molar-refractivity contribution in [3.63, 3.8) is 0 Å². The van der Waals surface area contributed by atoms with Gasteiger partial charge in [-0.15, -0.1) is 0 Å². The molecular formula is C15H24N2O3S. The number of nitrogens with one attached hydrogen (secondary N) is 1. The van der Waals surface area contributed by atoms with E-state index in [0.29, 0.717) is 23.3 Å². The molecule has 1 aliphatic rings. The third-order valence-corrected chi connectivity index (χ3v) is 5.53. The van der Waals surface area contributed by atoms with Crippen molar-refractivity contribution < 1.29 is 13.2 Å². The highest BCUT2D eigenvalue weighted by atomic mass is 32.2. The summed E-state index contributed by atoms with van der Waals surface area (Å²) < 4.78 is 32.9. The average molecular weight is 312 g/mol. The lowest BCUT2D eigenvalue weighted by Crippen LogP contribution is -2.39. The molecule has 118 valence electrons. The van der Waals surface area contributed by atoms with Gasteiger partial charge in [0, 0.05) is 12.1 Å². The lowest BCUT2D eigenvalue weighted by atomic mass is 9.81. The molecule has 2 rings (SSSR count). The van der Waals surface area contributed by atoms with Gasteiger partial charge in [0.05, 0.1) is 17.7 Å². The van der Waals surface area contributed by atoms with Gasteiger partial charge in [-0.05, 0) is 43.2 Å². The molecule has 5 nitrogen and oxygen atoms in total. The van der Waals surface area contributed by atoms with E-state index in [-0.39, 0.29) is 10.9 Å². The number of nitrogens with two attached hydrogens (primary N) is 1. The second kappa shape index (κ2) is 6.23. The topological polar surface area (TPSA) is 81.4 Å². The monoisotopic (exact) mass is 312 g/mol. The number of hydrogen-bond acceptors (Lipinski definition) is 4. The van der Waals surface area contributed by atoms with E-state index < -0.39 is 10.0 Å². The Hall–Kier alpha value is -1.27. The van der Waals surface area contributed by atoms with E-state index in [1.165, 1.54) is 19.2 Å². The number of methoxy groups -OCH3 is 1. The summed E-state index contributed by atoms with van der Waals surface area (Å²) in [5, 5.41) is 0. The van der Waals surface area contributed by atoms with Gasteiger partial charge in [0.1, 0.15) is 5.75 Å².